The highest BCUT2D eigenvalue weighted by molar-refractivity contribution is 6.09. The summed E-state index contributed by atoms with van der Waals surface area (Å²) in [4.78, 5) is 31.5. The maximum Gasteiger partial charge on any atom is 0.274 e. The van der Waals surface area contributed by atoms with E-state index < -0.39 is 11.9 Å². The molecule has 0 fully saturated rings. The molecule has 168 valence electrons. The van der Waals surface area contributed by atoms with E-state index in [1.54, 1.807) is 31.6 Å². The average molecular weight is 444 g/mol. The lowest BCUT2D eigenvalue weighted by Crippen LogP contribution is -2.49. The molecule has 2 aromatic carbocycles. The zero-order valence-electron chi connectivity index (χ0n) is 17.3. The van der Waals surface area contributed by atoms with Gasteiger partial charge >= 0.3 is 0 Å². The van der Waals surface area contributed by atoms with Gasteiger partial charge in [0.2, 0.25) is 0 Å². The van der Waals surface area contributed by atoms with Gasteiger partial charge in [0.15, 0.2) is 5.69 Å². The molecule has 1 aliphatic rings. The quantitative estimate of drug-likeness (QED) is 0.517. The van der Waals surface area contributed by atoms with Crippen molar-refractivity contribution in [3.05, 3.63) is 84.0 Å². The molecule has 33 heavy (non-hydrogen) atoms. The number of aromatic nitrogens is 2. The van der Waals surface area contributed by atoms with Crippen molar-refractivity contribution in [3.8, 4) is 5.75 Å². The van der Waals surface area contributed by atoms with Crippen LogP contribution in [0.3, 0.4) is 0 Å². The Morgan fingerprint density at radius 1 is 1.18 bits per heavy atom. The van der Waals surface area contributed by atoms with Crippen molar-refractivity contribution in [1.82, 2.24) is 15.5 Å². The predicted octanol–water partition coefficient (Wildman–Crippen LogP) is 3.60. The second kappa shape index (κ2) is 9.12. The largest absolute Gasteiger partial charge is 0.489 e. The van der Waals surface area contributed by atoms with Crippen molar-refractivity contribution < 1.29 is 18.8 Å². The fourth-order valence-corrected chi connectivity index (χ4v) is 3.82. The Kier molecular flexibility index (Phi) is 6.08. The van der Waals surface area contributed by atoms with Crippen molar-refractivity contribution in [2.75, 3.05) is 18.6 Å². The number of carbonyl (C=O) groups is 2. The van der Waals surface area contributed by atoms with Crippen LogP contribution < -0.4 is 15.0 Å². The van der Waals surface area contributed by atoms with Crippen LogP contribution in [-0.2, 0) is 11.2 Å². The van der Waals surface area contributed by atoms with E-state index in [0.717, 1.165) is 16.3 Å². The van der Waals surface area contributed by atoms with E-state index in [-0.39, 0.29) is 25.6 Å². The van der Waals surface area contributed by atoms with Crippen molar-refractivity contribution in [1.29, 1.82) is 0 Å². The number of nitrogens with one attached hydrogen (secondary N) is 1. The van der Waals surface area contributed by atoms with Crippen LogP contribution in [0.25, 0.3) is 10.8 Å². The van der Waals surface area contributed by atoms with E-state index in [1.807, 2.05) is 42.5 Å². The summed E-state index contributed by atoms with van der Waals surface area (Å²) in [5.74, 6) is 0.357. The topological polar surface area (TPSA) is 97.6 Å². The summed E-state index contributed by atoms with van der Waals surface area (Å²) in [6.45, 7) is 0.00717. The Balaban J connectivity index is 0.00000259. The lowest BCUT2D eigenvalue weighted by atomic mass is 10.1. The molecule has 2 aromatic heterocycles. The van der Waals surface area contributed by atoms with E-state index in [4.69, 9.17) is 9.26 Å². The first-order valence-corrected chi connectivity index (χ1v) is 10.2. The van der Waals surface area contributed by atoms with Gasteiger partial charge in [0, 0.05) is 42.7 Å². The molecule has 0 unspecified atom stereocenters. The minimum atomic E-state index is -0.869. The number of ether oxygens (including phenoxy) is 1. The maximum atomic E-state index is 13.1. The van der Waals surface area contributed by atoms with Gasteiger partial charge in [-0.05, 0) is 23.8 Å². The predicted molar refractivity (Wildman–Crippen MR) is 124 cm³/mol. The van der Waals surface area contributed by atoms with Crippen molar-refractivity contribution in [2.24, 2.45) is 0 Å². The van der Waals surface area contributed by atoms with Crippen LogP contribution in [-0.4, -0.2) is 41.7 Å². The molecule has 0 saturated carbocycles. The van der Waals surface area contributed by atoms with Crippen molar-refractivity contribution in [3.63, 3.8) is 0 Å². The van der Waals surface area contributed by atoms with Crippen LogP contribution >= 0.6 is 0 Å². The van der Waals surface area contributed by atoms with Gasteiger partial charge < -0.3 is 19.5 Å². The minimum Gasteiger partial charge on any atom is -0.489 e. The molecule has 4 aromatic rings. The summed E-state index contributed by atoms with van der Waals surface area (Å²) < 4.78 is 11.2. The Bertz CT molecular complexity index is 1300. The van der Waals surface area contributed by atoms with Gasteiger partial charge in [-0.15, -0.1) is 0 Å². The van der Waals surface area contributed by atoms with E-state index in [9.17, 15) is 9.59 Å². The first kappa shape index (κ1) is 22.0. The van der Waals surface area contributed by atoms with Gasteiger partial charge in [-0.3, -0.25) is 14.6 Å². The zero-order chi connectivity index (χ0) is 22.1. The summed E-state index contributed by atoms with van der Waals surface area (Å²) in [6, 6.07) is 16.0. The number of carbonyl (C=O) groups excluding carboxylic acids is 2. The van der Waals surface area contributed by atoms with Gasteiger partial charge in [0.1, 0.15) is 24.2 Å². The first-order chi connectivity index (χ1) is 15.6. The molecule has 2 amide bonds. The summed E-state index contributed by atoms with van der Waals surface area (Å²) in [5, 5.41) is 8.33. The zero-order valence-corrected chi connectivity index (χ0v) is 17.3. The molecular formula is C25H24N4O4. The number of hydrogen-bond acceptors (Lipinski definition) is 6. The number of hydrogen-bond donors (Lipinski definition) is 1. The summed E-state index contributed by atoms with van der Waals surface area (Å²) >= 11 is 0. The molecule has 5 rings (SSSR count). The number of amides is 2. The van der Waals surface area contributed by atoms with Crippen LogP contribution in [0, 0.1) is 0 Å². The van der Waals surface area contributed by atoms with Crippen LogP contribution in [0.4, 0.5) is 5.69 Å². The van der Waals surface area contributed by atoms with Gasteiger partial charge in [0.05, 0.1) is 5.69 Å². The first-order valence-electron chi connectivity index (χ1n) is 10.2. The Labute approximate surface area is 191 Å². The molecule has 0 aliphatic carbocycles. The Morgan fingerprint density at radius 2 is 2.00 bits per heavy atom. The molecule has 0 bridgehead atoms. The number of likely N-dealkylation sites (N-methyl/N-ethyl adjacent to an activating group) is 1. The van der Waals surface area contributed by atoms with E-state index in [2.05, 4.69) is 15.5 Å². The highest BCUT2D eigenvalue weighted by atomic mass is 16.5. The van der Waals surface area contributed by atoms with Gasteiger partial charge in [-0.1, -0.05) is 42.9 Å². The maximum absolute atomic E-state index is 13.1. The van der Waals surface area contributed by atoms with Crippen LogP contribution in [0.15, 0.2) is 71.5 Å². The highest BCUT2D eigenvalue weighted by Crippen LogP contribution is 2.37. The molecule has 0 saturated heterocycles. The Hall–Kier alpha value is -4.20. The summed E-state index contributed by atoms with van der Waals surface area (Å²) in [6.07, 6.45) is 3.92. The van der Waals surface area contributed by atoms with E-state index >= 15 is 0 Å². The molecule has 8 nitrogen and oxygen atoms in total. The minimum absolute atomic E-state index is 0. The van der Waals surface area contributed by atoms with E-state index in [1.165, 1.54) is 4.90 Å². The molecule has 0 radical (unpaired) electrons. The van der Waals surface area contributed by atoms with Crippen LogP contribution in [0.5, 0.6) is 5.75 Å². The number of fused-ring (bicyclic) bond motifs is 3. The average Bonchev–Trinajstić information content (AvgIpc) is 3.25. The summed E-state index contributed by atoms with van der Waals surface area (Å²) in [5.41, 5.74) is 1.81. The molecule has 1 atom stereocenters. The molecule has 0 spiro atoms. The number of nitrogens with zero attached hydrogens (tertiary/aromatic N) is 3. The number of anilines is 1. The second-order valence-electron chi connectivity index (χ2n) is 7.58. The SMILES string of the molecule is C.CN1C(=O)[C@@H](NC(=O)c2cc(Cc3ccccc3)on2)COc2ccc3cnccc3c21. The van der Waals surface area contributed by atoms with Crippen LogP contribution in [0.1, 0.15) is 29.2 Å². The molecule has 3 heterocycles. The van der Waals surface area contributed by atoms with Gasteiger partial charge in [-0.2, -0.15) is 0 Å². The second-order valence-corrected chi connectivity index (χ2v) is 7.58. The van der Waals surface area contributed by atoms with Gasteiger partial charge in [0.25, 0.3) is 11.8 Å². The number of pyridine rings is 1. The fourth-order valence-electron chi connectivity index (χ4n) is 3.82. The monoisotopic (exact) mass is 444 g/mol. The highest BCUT2D eigenvalue weighted by Gasteiger charge is 2.32. The third kappa shape index (κ3) is 4.27. The lowest BCUT2D eigenvalue weighted by molar-refractivity contribution is -0.120. The molecule has 1 aliphatic heterocycles. The standard InChI is InChI=1S/C24H20N4O4.CH4/c1-28-22-18-9-10-25-13-16(18)7-8-21(22)31-14-20(24(28)30)26-23(29)19-12-17(32-27-19)11-15-5-3-2-4-6-15;/h2-10,12-13,20H,11,14H2,1H3,(H,26,29);1H4/t20-;/m0./s1. The third-order valence-corrected chi connectivity index (χ3v) is 5.44. The summed E-state index contributed by atoms with van der Waals surface area (Å²) in [7, 11) is 1.67. The molecule has 8 heteroatoms. The van der Waals surface area contributed by atoms with Crippen molar-refractivity contribution in [2.45, 2.75) is 19.9 Å². The van der Waals surface area contributed by atoms with E-state index in [0.29, 0.717) is 23.6 Å². The Morgan fingerprint density at radius 3 is 2.82 bits per heavy atom. The van der Waals surface area contributed by atoms with Crippen molar-refractivity contribution >= 4 is 28.3 Å². The third-order valence-electron chi connectivity index (χ3n) is 5.44. The molecule has 1 N–H and O–H groups in total. The number of rotatable bonds is 4. The smallest absolute Gasteiger partial charge is 0.274 e. The normalized spacial score (nSPS) is 15.2. The number of benzene rings is 2. The molecular weight excluding hydrogens is 420 g/mol. The van der Waals surface area contributed by atoms with Crippen LogP contribution in [0.2, 0.25) is 0 Å². The fraction of sp³-hybridized carbons (Fsp3) is 0.200. The lowest BCUT2D eigenvalue weighted by Gasteiger charge is -2.21. The van der Waals surface area contributed by atoms with Gasteiger partial charge in [-0.25, -0.2) is 0 Å².